The molecule has 0 aromatic carbocycles. The van der Waals surface area contributed by atoms with Gasteiger partial charge in [0.25, 0.3) is 0 Å². The molecule has 2 heteroatoms. The first kappa shape index (κ1) is 12.0. The Morgan fingerprint density at radius 2 is 0.857 bits per heavy atom. The first-order valence-corrected chi connectivity index (χ1v) is 6.15. The summed E-state index contributed by atoms with van der Waals surface area (Å²) in [5.41, 5.74) is 0. The summed E-state index contributed by atoms with van der Waals surface area (Å²) in [4.78, 5) is 0. The maximum Gasteiger partial charge on any atom is 0.0540 e. The minimum Gasteiger partial charge on any atom is -0.393 e. The molecule has 0 saturated heterocycles. The summed E-state index contributed by atoms with van der Waals surface area (Å²) in [5.74, 6) is 0. The SMILES string of the molecule is OC1CCCCCCCC(O)CCC1. The Balaban J connectivity index is 2.21. The number of hydrogen-bond acceptors (Lipinski definition) is 2. The summed E-state index contributed by atoms with van der Waals surface area (Å²) in [5, 5.41) is 19.2. The zero-order chi connectivity index (χ0) is 10.2. The fourth-order valence-corrected chi connectivity index (χ4v) is 2.17. The van der Waals surface area contributed by atoms with Gasteiger partial charge < -0.3 is 10.2 Å². The lowest BCUT2D eigenvalue weighted by atomic mass is 9.98. The molecule has 2 atom stereocenters. The van der Waals surface area contributed by atoms with E-state index in [4.69, 9.17) is 0 Å². The van der Waals surface area contributed by atoms with E-state index < -0.39 is 0 Å². The second-order valence-corrected chi connectivity index (χ2v) is 4.58. The van der Waals surface area contributed by atoms with Crippen molar-refractivity contribution in [3.63, 3.8) is 0 Å². The predicted molar refractivity (Wildman–Crippen MR) is 58.2 cm³/mol. The largest absolute Gasteiger partial charge is 0.393 e. The molecule has 84 valence electrons. The van der Waals surface area contributed by atoms with Gasteiger partial charge in [-0.15, -0.1) is 0 Å². The smallest absolute Gasteiger partial charge is 0.0540 e. The average molecular weight is 200 g/mol. The molecular weight excluding hydrogens is 176 g/mol. The van der Waals surface area contributed by atoms with Crippen molar-refractivity contribution >= 4 is 0 Å². The molecule has 2 N–H and O–H groups in total. The summed E-state index contributed by atoms with van der Waals surface area (Å²) in [6, 6.07) is 0. The third kappa shape index (κ3) is 5.61. The maximum atomic E-state index is 9.60. The van der Waals surface area contributed by atoms with Gasteiger partial charge in [0.15, 0.2) is 0 Å². The van der Waals surface area contributed by atoms with Crippen LogP contribution in [0.4, 0.5) is 0 Å². The monoisotopic (exact) mass is 200 g/mol. The van der Waals surface area contributed by atoms with Gasteiger partial charge >= 0.3 is 0 Å². The van der Waals surface area contributed by atoms with E-state index in [-0.39, 0.29) is 12.2 Å². The van der Waals surface area contributed by atoms with Crippen molar-refractivity contribution in [1.29, 1.82) is 0 Å². The Labute approximate surface area is 87.3 Å². The summed E-state index contributed by atoms with van der Waals surface area (Å²) in [6.45, 7) is 0. The zero-order valence-corrected chi connectivity index (χ0v) is 9.12. The molecule has 2 nitrogen and oxygen atoms in total. The van der Waals surface area contributed by atoms with E-state index in [9.17, 15) is 10.2 Å². The van der Waals surface area contributed by atoms with Gasteiger partial charge in [0.1, 0.15) is 0 Å². The van der Waals surface area contributed by atoms with E-state index >= 15 is 0 Å². The molecule has 0 spiro atoms. The highest BCUT2D eigenvalue weighted by Gasteiger charge is 2.09. The van der Waals surface area contributed by atoms with Crippen LogP contribution in [0, 0.1) is 0 Å². The lowest BCUT2D eigenvalue weighted by Crippen LogP contribution is -2.11. The van der Waals surface area contributed by atoms with Crippen LogP contribution < -0.4 is 0 Å². The molecule has 0 amide bonds. The van der Waals surface area contributed by atoms with Gasteiger partial charge in [-0.05, 0) is 32.1 Å². The fraction of sp³-hybridized carbons (Fsp3) is 1.00. The Kier molecular flexibility index (Phi) is 6.20. The van der Waals surface area contributed by atoms with Crippen LogP contribution in [0.1, 0.15) is 64.2 Å². The Morgan fingerprint density at radius 1 is 0.500 bits per heavy atom. The molecule has 0 aromatic rings. The third-order valence-corrected chi connectivity index (χ3v) is 3.15. The molecule has 1 rings (SSSR count). The second kappa shape index (κ2) is 7.24. The highest BCUT2D eigenvalue weighted by atomic mass is 16.3. The van der Waals surface area contributed by atoms with Crippen LogP contribution in [-0.4, -0.2) is 22.4 Å². The van der Waals surface area contributed by atoms with E-state index in [1.54, 1.807) is 0 Å². The highest BCUT2D eigenvalue weighted by molar-refractivity contribution is 4.62. The van der Waals surface area contributed by atoms with Crippen molar-refractivity contribution in [2.75, 3.05) is 0 Å². The molecule has 0 bridgehead atoms. The Bertz CT molecular complexity index is 122. The highest BCUT2D eigenvalue weighted by Crippen LogP contribution is 2.16. The normalized spacial score (nSPS) is 33.0. The van der Waals surface area contributed by atoms with Gasteiger partial charge in [-0.3, -0.25) is 0 Å². The zero-order valence-electron chi connectivity index (χ0n) is 9.12. The molecule has 14 heavy (non-hydrogen) atoms. The van der Waals surface area contributed by atoms with Crippen LogP contribution in [0.2, 0.25) is 0 Å². The second-order valence-electron chi connectivity index (χ2n) is 4.58. The number of hydrogen-bond donors (Lipinski definition) is 2. The van der Waals surface area contributed by atoms with E-state index in [0.717, 1.165) is 32.1 Å². The van der Waals surface area contributed by atoms with Crippen molar-refractivity contribution in [3.8, 4) is 0 Å². The number of aliphatic hydroxyl groups excluding tert-OH is 2. The van der Waals surface area contributed by atoms with Gasteiger partial charge in [-0.1, -0.05) is 32.1 Å². The first-order chi connectivity index (χ1) is 6.79. The van der Waals surface area contributed by atoms with Crippen molar-refractivity contribution in [3.05, 3.63) is 0 Å². The minimum absolute atomic E-state index is 0.123. The van der Waals surface area contributed by atoms with Crippen molar-refractivity contribution in [1.82, 2.24) is 0 Å². The van der Waals surface area contributed by atoms with E-state index in [1.165, 1.54) is 32.1 Å². The Morgan fingerprint density at radius 3 is 1.36 bits per heavy atom. The molecule has 0 heterocycles. The molecule has 1 saturated carbocycles. The van der Waals surface area contributed by atoms with Crippen LogP contribution in [-0.2, 0) is 0 Å². The molecule has 1 fully saturated rings. The van der Waals surface area contributed by atoms with E-state index in [2.05, 4.69) is 0 Å². The van der Waals surface area contributed by atoms with Gasteiger partial charge in [0.2, 0.25) is 0 Å². The lowest BCUT2D eigenvalue weighted by Gasteiger charge is -2.14. The molecule has 0 aromatic heterocycles. The summed E-state index contributed by atoms with van der Waals surface area (Å²) in [7, 11) is 0. The van der Waals surface area contributed by atoms with Gasteiger partial charge in [0.05, 0.1) is 12.2 Å². The molecule has 0 aliphatic heterocycles. The predicted octanol–water partition coefficient (Wildman–Crippen LogP) is 2.62. The summed E-state index contributed by atoms with van der Waals surface area (Å²) in [6.07, 6.45) is 10.5. The maximum absolute atomic E-state index is 9.60. The average Bonchev–Trinajstić information content (AvgIpc) is 2.14. The lowest BCUT2D eigenvalue weighted by molar-refractivity contribution is 0.118. The van der Waals surface area contributed by atoms with Gasteiger partial charge in [-0.2, -0.15) is 0 Å². The van der Waals surface area contributed by atoms with Crippen molar-refractivity contribution < 1.29 is 10.2 Å². The molecule has 1 aliphatic rings. The molecule has 2 unspecified atom stereocenters. The van der Waals surface area contributed by atoms with E-state index in [1.807, 2.05) is 0 Å². The summed E-state index contributed by atoms with van der Waals surface area (Å²) >= 11 is 0. The number of rotatable bonds is 0. The standard InChI is InChI=1S/C12H24O2/c13-11-7-4-2-1-3-5-8-12(14)10-6-9-11/h11-14H,1-10H2. The Hall–Kier alpha value is -0.0800. The minimum atomic E-state index is -0.123. The van der Waals surface area contributed by atoms with Gasteiger partial charge in [0, 0.05) is 0 Å². The van der Waals surface area contributed by atoms with Gasteiger partial charge in [-0.25, -0.2) is 0 Å². The van der Waals surface area contributed by atoms with Crippen molar-refractivity contribution in [2.24, 2.45) is 0 Å². The topological polar surface area (TPSA) is 40.5 Å². The molecule has 0 radical (unpaired) electrons. The fourth-order valence-electron chi connectivity index (χ4n) is 2.17. The first-order valence-electron chi connectivity index (χ1n) is 6.15. The van der Waals surface area contributed by atoms with Crippen LogP contribution in [0.3, 0.4) is 0 Å². The van der Waals surface area contributed by atoms with E-state index in [0.29, 0.717) is 0 Å². The third-order valence-electron chi connectivity index (χ3n) is 3.15. The van der Waals surface area contributed by atoms with Crippen LogP contribution in [0.5, 0.6) is 0 Å². The van der Waals surface area contributed by atoms with Crippen LogP contribution in [0.25, 0.3) is 0 Å². The molecule has 1 aliphatic carbocycles. The quantitative estimate of drug-likeness (QED) is 0.631. The van der Waals surface area contributed by atoms with Crippen LogP contribution in [0.15, 0.2) is 0 Å². The van der Waals surface area contributed by atoms with Crippen LogP contribution >= 0.6 is 0 Å². The summed E-state index contributed by atoms with van der Waals surface area (Å²) < 4.78 is 0. The number of aliphatic hydroxyl groups is 2. The van der Waals surface area contributed by atoms with Crippen molar-refractivity contribution in [2.45, 2.75) is 76.4 Å². The molecular formula is C12H24O2.